The molecule has 0 saturated carbocycles. The Balaban J connectivity index is 3.48. The van der Waals surface area contributed by atoms with Crippen molar-refractivity contribution in [1.82, 2.24) is 0 Å². The molecular formula is C8H2F5NO3. The lowest BCUT2D eigenvalue weighted by Crippen LogP contribution is -2.25. The number of nitro benzene ring substituents is 1. The van der Waals surface area contributed by atoms with E-state index in [-0.39, 0.29) is 6.07 Å². The van der Waals surface area contributed by atoms with Crippen molar-refractivity contribution < 1.29 is 31.7 Å². The van der Waals surface area contributed by atoms with Gasteiger partial charge in [-0.25, -0.2) is 4.39 Å². The van der Waals surface area contributed by atoms with Crippen LogP contribution in [0.5, 0.6) is 0 Å². The molecule has 0 aliphatic carbocycles. The molecule has 0 heterocycles. The lowest BCUT2D eigenvalue weighted by atomic mass is 10.1. The number of hydrogen-bond acceptors (Lipinski definition) is 3. The SMILES string of the molecule is O=C(c1c(F)ccc([N+](=O)[O-])c1F)C(F)(F)F. The molecule has 0 N–H and O–H groups in total. The standard InChI is InChI=1S/C8H2F5NO3/c9-3-1-2-4(14(16)17)6(10)5(3)7(15)8(11,12)13/h1-2H. The van der Waals surface area contributed by atoms with Crippen LogP contribution >= 0.6 is 0 Å². The monoisotopic (exact) mass is 255 g/mol. The van der Waals surface area contributed by atoms with E-state index in [1.54, 1.807) is 0 Å². The van der Waals surface area contributed by atoms with E-state index < -0.39 is 39.8 Å². The number of Topliss-reactive ketones (excluding diaryl/α,β-unsaturated/α-hetero) is 1. The second kappa shape index (κ2) is 4.07. The van der Waals surface area contributed by atoms with E-state index in [9.17, 15) is 36.9 Å². The number of carbonyl (C=O) groups excluding carboxylic acids is 1. The zero-order chi connectivity index (χ0) is 13.4. The first-order valence-corrected chi connectivity index (χ1v) is 3.90. The second-order valence-corrected chi connectivity index (χ2v) is 2.84. The average molecular weight is 255 g/mol. The molecule has 1 aromatic carbocycles. The summed E-state index contributed by atoms with van der Waals surface area (Å²) in [7, 11) is 0. The predicted octanol–water partition coefficient (Wildman–Crippen LogP) is 2.62. The highest BCUT2D eigenvalue weighted by molar-refractivity contribution is 6.01. The van der Waals surface area contributed by atoms with E-state index >= 15 is 0 Å². The van der Waals surface area contributed by atoms with E-state index in [1.165, 1.54) is 0 Å². The summed E-state index contributed by atoms with van der Waals surface area (Å²) < 4.78 is 62.0. The molecule has 0 unspecified atom stereocenters. The molecule has 17 heavy (non-hydrogen) atoms. The number of rotatable bonds is 2. The number of halogens is 5. The highest BCUT2D eigenvalue weighted by atomic mass is 19.4. The fourth-order valence-corrected chi connectivity index (χ4v) is 1.03. The highest BCUT2D eigenvalue weighted by Crippen LogP contribution is 2.29. The van der Waals surface area contributed by atoms with Gasteiger partial charge in [0, 0.05) is 6.07 Å². The van der Waals surface area contributed by atoms with Crippen molar-refractivity contribution in [3.8, 4) is 0 Å². The lowest BCUT2D eigenvalue weighted by molar-refractivity contribution is -0.387. The summed E-state index contributed by atoms with van der Waals surface area (Å²) in [5.41, 5.74) is -3.38. The largest absolute Gasteiger partial charge is 0.455 e. The van der Waals surface area contributed by atoms with Crippen LogP contribution in [0.3, 0.4) is 0 Å². The van der Waals surface area contributed by atoms with Crippen LogP contribution in [-0.4, -0.2) is 16.9 Å². The molecule has 0 spiro atoms. The van der Waals surface area contributed by atoms with E-state index in [0.717, 1.165) is 0 Å². The molecule has 0 amide bonds. The Hall–Kier alpha value is -2.06. The van der Waals surface area contributed by atoms with Gasteiger partial charge < -0.3 is 0 Å². The van der Waals surface area contributed by atoms with Crippen molar-refractivity contribution in [2.75, 3.05) is 0 Å². The zero-order valence-corrected chi connectivity index (χ0v) is 7.72. The molecule has 1 aromatic rings. The van der Waals surface area contributed by atoms with Crippen molar-refractivity contribution in [3.63, 3.8) is 0 Å². The third-order valence-corrected chi connectivity index (χ3v) is 1.75. The van der Waals surface area contributed by atoms with Crippen LogP contribution in [0.15, 0.2) is 12.1 Å². The Labute approximate surface area is 89.8 Å². The molecule has 0 aliphatic heterocycles. The molecule has 9 heteroatoms. The number of alkyl halides is 3. The van der Waals surface area contributed by atoms with Gasteiger partial charge in [0.25, 0.3) is 5.78 Å². The molecule has 0 radical (unpaired) electrons. The van der Waals surface area contributed by atoms with Crippen LogP contribution in [-0.2, 0) is 0 Å². The smallest absolute Gasteiger partial charge is 0.284 e. The van der Waals surface area contributed by atoms with Gasteiger partial charge in [-0.2, -0.15) is 17.6 Å². The Kier molecular flexibility index (Phi) is 3.12. The quantitative estimate of drug-likeness (QED) is 0.353. The normalized spacial score (nSPS) is 11.4. The molecule has 0 aliphatic rings. The molecule has 92 valence electrons. The summed E-state index contributed by atoms with van der Waals surface area (Å²) in [5, 5.41) is 10.2. The van der Waals surface area contributed by atoms with Gasteiger partial charge in [-0.3, -0.25) is 14.9 Å². The van der Waals surface area contributed by atoms with Gasteiger partial charge in [0.2, 0.25) is 5.82 Å². The second-order valence-electron chi connectivity index (χ2n) is 2.84. The number of ketones is 1. The first-order chi connectivity index (χ1) is 7.66. The first-order valence-electron chi connectivity index (χ1n) is 3.90. The molecule has 0 bridgehead atoms. The van der Waals surface area contributed by atoms with Crippen molar-refractivity contribution in [2.24, 2.45) is 0 Å². The third-order valence-electron chi connectivity index (χ3n) is 1.75. The maximum atomic E-state index is 13.2. The topological polar surface area (TPSA) is 60.2 Å². The van der Waals surface area contributed by atoms with Crippen molar-refractivity contribution >= 4 is 11.5 Å². The van der Waals surface area contributed by atoms with E-state index in [2.05, 4.69) is 0 Å². The van der Waals surface area contributed by atoms with E-state index in [0.29, 0.717) is 6.07 Å². The van der Waals surface area contributed by atoms with Crippen LogP contribution in [0.4, 0.5) is 27.6 Å². The molecule has 0 fully saturated rings. The Morgan fingerprint density at radius 3 is 2.18 bits per heavy atom. The molecular weight excluding hydrogens is 253 g/mol. The number of carbonyl (C=O) groups is 1. The minimum Gasteiger partial charge on any atom is -0.284 e. The maximum Gasteiger partial charge on any atom is 0.455 e. The van der Waals surface area contributed by atoms with Crippen LogP contribution in [0.25, 0.3) is 0 Å². The Morgan fingerprint density at radius 1 is 1.24 bits per heavy atom. The van der Waals surface area contributed by atoms with Gasteiger partial charge in [0.1, 0.15) is 11.4 Å². The van der Waals surface area contributed by atoms with Gasteiger partial charge in [0.05, 0.1) is 4.92 Å². The first kappa shape index (κ1) is 13.0. The molecule has 4 nitrogen and oxygen atoms in total. The van der Waals surface area contributed by atoms with E-state index in [1.807, 2.05) is 0 Å². The summed E-state index contributed by atoms with van der Waals surface area (Å²) in [5.74, 6) is -6.76. The summed E-state index contributed by atoms with van der Waals surface area (Å²) >= 11 is 0. The number of nitrogens with zero attached hydrogens (tertiary/aromatic N) is 1. The van der Waals surface area contributed by atoms with Crippen molar-refractivity contribution in [2.45, 2.75) is 6.18 Å². The summed E-state index contributed by atoms with van der Waals surface area (Å²) in [4.78, 5) is 19.5. The Morgan fingerprint density at radius 2 is 1.76 bits per heavy atom. The van der Waals surface area contributed by atoms with Gasteiger partial charge in [-0.05, 0) is 6.07 Å². The summed E-state index contributed by atoms with van der Waals surface area (Å²) in [6, 6.07) is 0.554. The average Bonchev–Trinajstić information content (AvgIpc) is 2.15. The number of benzene rings is 1. The number of hydrogen-bond donors (Lipinski definition) is 0. The highest BCUT2D eigenvalue weighted by Gasteiger charge is 2.43. The van der Waals surface area contributed by atoms with Gasteiger partial charge in [-0.15, -0.1) is 0 Å². The Bertz CT molecular complexity index is 497. The molecule has 0 aromatic heterocycles. The van der Waals surface area contributed by atoms with Crippen LogP contribution in [0.2, 0.25) is 0 Å². The fourth-order valence-electron chi connectivity index (χ4n) is 1.03. The van der Waals surface area contributed by atoms with Crippen LogP contribution < -0.4 is 0 Å². The fraction of sp³-hybridized carbons (Fsp3) is 0.125. The van der Waals surface area contributed by atoms with Crippen LogP contribution in [0.1, 0.15) is 10.4 Å². The van der Waals surface area contributed by atoms with Gasteiger partial charge in [-0.1, -0.05) is 0 Å². The summed E-state index contributed by atoms with van der Waals surface area (Å²) in [6.45, 7) is 0. The molecule has 0 atom stereocenters. The lowest BCUT2D eigenvalue weighted by Gasteiger charge is -2.07. The minimum atomic E-state index is -5.52. The summed E-state index contributed by atoms with van der Waals surface area (Å²) in [6.07, 6.45) is -5.52. The predicted molar refractivity (Wildman–Crippen MR) is 43.4 cm³/mol. The van der Waals surface area contributed by atoms with Crippen molar-refractivity contribution in [1.29, 1.82) is 0 Å². The van der Waals surface area contributed by atoms with E-state index in [4.69, 9.17) is 0 Å². The third kappa shape index (κ3) is 2.37. The van der Waals surface area contributed by atoms with Crippen LogP contribution in [0, 0.1) is 21.7 Å². The zero-order valence-electron chi connectivity index (χ0n) is 7.72. The maximum absolute atomic E-state index is 13.2. The molecule has 0 saturated heterocycles. The molecule has 1 rings (SSSR count). The van der Waals surface area contributed by atoms with Gasteiger partial charge in [0.15, 0.2) is 0 Å². The number of nitro groups is 1. The minimum absolute atomic E-state index is 0.222. The van der Waals surface area contributed by atoms with Crippen molar-refractivity contribution in [3.05, 3.63) is 39.4 Å². The van der Waals surface area contributed by atoms with Gasteiger partial charge >= 0.3 is 11.9 Å².